The third kappa shape index (κ3) is 9.22. The monoisotopic (exact) mass is 428 g/mol. The summed E-state index contributed by atoms with van der Waals surface area (Å²) in [5, 5.41) is 6.55. The fraction of sp³-hybridized carbons (Fsp3) is 0.476. The van der Waals surface area contributed by atoms with E-state index in [2.05, 4.69) is 53.0 Å². The highest BCUT2D eigenvalue weighted by atomic mass is 35.5. The van der Waals surface area contributed by atoms with Crippen LogP contribution in [0.25, 0.3) is 6.08 Å². The van der Waals surface area contributed by atoms with Crippen molar-refractivity contribution in [2.45, 2.75) is 13.5 Å². The fourth-order valence-electron chi connectivity index (χ4n) is 3.02. The summed E-state index contributed by atoms with van der Waals surface area (Å²) in [7, 11) is 0. The van der Waals surface area contributed by atoms with Gasteiger partial charge in [0.2, 0.25) is 5.91 Å². The van der Waals surface area contributed by atoms with Crippen molar-refractivity contribution in [3.05, 3.63) is 54.1 Å². The van der Waals surface area contributed by atoms with Crippen LogP contribution in [0.3, 0.4) is 0 Å². The third-order valence-electron chi connectivity index (χ3n) is 4.60. The van der Waals surface area contributed by atoms with Gasteiger partial charge in [0.25, 0.3) is 0 Å². The Labute approximate surface area is 182 Å². The SMILES string of the molecule is C=C(C)C(=O)N1CCNCC1.C=Cc1ccc(CN2CCNCC2)cc1.Cl.Cl. The largest absolute Gasteiger partial charge is 0.336 e. The molecule has 0 aromatic heterocycles. The second-order valence-corrected chi connectivity index (χ2v) is 6.79. The lowest BCUT2D eigenvalue weighted by Crippen LogP contribution is -2.46. The van der Waals surface area contributed by atoms with Crippen molar-refractivity contribution in [3.63, 3.8) is 0 Å². The Morgan fingerprint density at radius 1 is 1.00 bits per heavy atom. The molecule has 7 heteroatoms. The molecule has 2 aliphatic heterocycles. The van der Waals surface area contributed by atoms with E-state index in [0.29, 0.717) is 5.57 Å². The molecule has 2 fully saturated rings. The van der Waals surface area contributed by atoms with Crippen LogP contribution in [-0.2, 0) is 11.3 Å². The zero-order chi connectivity index (χ0) is 18.8. The van der Waals surface area contributed by atoms with Crippen LogP contribution in [-0.4, -0.2) is 68.1 Å². The molecule has 158 valence electrons. The number of nitrogens with zero attached hydrogens (tertiary/aromatic N) is 2. The standard InChI is InChI=1S/C13H18N2.C8H14N2O.2ClH/c1-2-12-3-5-13(6-4-12)11-15-9-7-14-8-10-15;1-7(2)8(11)10-5-3-9-4-6-10;;/h2-6,14H,1,7-11H2;9H,1,3-6H2,2H3;2*1H. The van der Waals surface area contributed by atoms with Gasteiger partial charge in [0.15, 0.2) is 0 Å². The van der Waals surface area contributed by atoms with E-state index in [-0.39, 0.29) is 30.7 Å². The number of carbonyl (C=O) groups excluding carboxylic acids is 1. The maximum absolute atomic E-state index is 11.3. The highest BCUT2D eigenvalue weighted by molar-refractivity contribution is 5.92. The number of rotatable bonds is 4. The molecule has 1 amide bonds. The number of amides is 1. The van der Waals surface area contributed by atoms with Crippen LogP contribution in [0.15, 0.2) is 43.0 Å². The molecule has 0 radical (unpaired) electrons. The van der Waals surface area contributed by atoms with Crippen molar-refractivity contribution in [2.24, 2.45) is 0 Å². The Balaban J connectivity index is 0.000000507. The molecule has 0 bridgehead atoms. The Morgan fingerprint density at radius 3 is 1.96 bits per heavy atom. The predicted molar refractivity (Wildman–Crippen MR) is 123 cm³/mol. The lowest BCUT2D eigenvalue weighted by molar-refractivity contribution is -0.127. The molecular weight excluding hydrogens is 395 g/mol. The van der Waals surface area contributed by atoms with E-state index in [0.717, 1.165) is 58.9 Å². The summed E-state index contributed by atoms with van der Waals surface area (Å²) in [4.78, 5) is 15.6. The number of hydrogen-bond acceptors (Lipinski definition) is 4. The second kappa shape index (κ2) is 14.6. The van der Waals surface area contributed by atoms with E-state index in [1.807, 2.05) is 11.0 Å². The molecule has 2 saturated heterocycles. The van der Waals surface area contributed by atoms with Gasteiger partial charge in [-0.2, -0.15) is 0 Å². The number of carbonyl (C=O) groups is 1. The summed E-state index contributed by atoms with van der Waals surface area (Å²) in [5.41, 5.74) is 3.22. The summed E-state index contributed by atoms with van der Waals surface area (Å²) in [6.07, 6.45) is 1.88. The molecule has 3 rings (SSSR count). The van der Waals surface area contributed by atoms with Gasteiger partial charge >= 0.3 is 0 Å². The van der Waals surface area contributed by atoms with Crippen LogP contribution >= 0.6 is 24.8 Å². The van der Waals surface area contributed by atoms with E-state index < -0.39 is 0 Å². The van der Waals surface area contributed by atoms with Crippen LogP contribution in [0.5, 0.6) is 0 Å². The lowest BCUT2D eigenvalue weighted by Gasteiger charge is -2.27. The van der Waals surface area contributed by atoms with Crippen molar-refractivity contribution in [2.75, 3.05) is 52.4 Å². The van der Waals surface area contributed by atoms with Crippen molar-refractivity contribution in [3.8, 4) is 0 Å². The van der Waals surface area contributed by atoms with Gasteiger partial charge in [-0.15, -0.1) is 24.8 Å². The highest BCUT2D eigenvalue weighted by Gasteiger charge is 2.15. The summed E-state index contributed by atoms with van der Waals surface area (Å²) >= 11 is 0. The number of benzene rings is 1. The molecule has 1 aromatic rings. The van der Waals surface area contributed by atoms with Crippen molar-refractivity contribution in [1.82, 2.24) is 20.4 Å². The molecule has 0 spiro atoms. The smallest absolute Gasteiger partial charge is 0.248 e. The number of halogens is 2. The first-order chi connectivity index (χ1) is 12.6. The topological polar surface area (TPSA) is 47.6 Å². The minimum atomic E-state index is 0. The van der Waals surface area contributed by atoms with Gasteiger partial charge in [-0.1, -0.05) is 43.5 Å². The predicted octanol–water partition coefficient (Wildman–Crippen LogP) is 2.57. The van der Waals surface area contributed by atoms with Gasteiger partial charge in [-0.05, 0) is 18.1 Å². The Morgan fingerprint density at radius 2 is 1.50 bits per heavy atom. The quantitative estimate of drug-likeness (QED) is 0.723. The van der Waals surface area contributed by atoms with E-state index in [1.54, 1.807) is 6.92 Å². The number of hydrogen-bond donors (Lipinski definition) is 2. The Bertz CT molecular complexity index is 595. The van der Waals surface area contributed by atoms with E-state index in [4.69, 9.17) is 0 Å². The molecule has 0 unspecified atom stereocenters. The summed E-state index contributed by atoms with van der Waals surface area (Å²) in [6, 6.07) is 8.65. The van der Waals surface area contributed by atoms with Gasteiger partial charge in [0.05, 0.1) is 0 Å². The van der Waals surface area contributed by atoms with Gasteiger partial charge in [0, 0.05) is 64.5 Å². The second-order valence-electron chi connectivity index (χ2n) is 6.79. The first-order valence-electron chi connectivity index (χ1n) is 9.40. The van der Waals surface area contributed by atoms with Gasteiger partial charge < -0.3 is 15.5 Å². The number of piperazine rings is 2. The molecule has 1 aromatic carbocycles. The Hall–Kier alpha value is -1.37. The van der Waals surface area contributed by atoms with Gasteiger partial charge in [-0.25, -0.2) is 0 Å². The fourth-order valence-corrected chi connectivity index (χ4v) is 3.02. The molecule has 0 aliphatic carbocycles. The van der Waals surface area contributed by atoms with E-state index >= 15 is 0 Å². The van der Waals surface area contributed by atoms with Crippen LogP contribution < -0.4 is 10.6 Å². The van der Waals surface area contributed by atoms with Crippen molar-refractivity contribution in [1.29, 1.82) is 0 Å². The van der Waals surface area contributed by atoms with Crippen LogP contribution in [0, 0.1) is 0 Å². The highest BCUT2D eigenvalue weighted by Crippen LogP contribution is 2.08. The van der Waals surface area contributed by atoms with Crippen LogP contribution in [0.2, 0.25) is 0 Å². The molecule has 0 atom stereocenters. The van der Waals surface area contributed by atoms with Crippen molar-refractivity contribution >= 4 is 36.8 Å². The van der Waals surface area contributed by atoms with Crippen LogP contribution in [0.1, 0.15) is 18.1 Å². The zero-order valence-corrected chi connectivity index (χ0v) is 18.4. The molecule has 5 nitrogen and oxygen atoms in total. The molecule has 2 N–H and O–H groups in total. The first kappa shape index (κ1) is 26.6. The maximum atomic E-state index is 11.3. The van der Waals surface area contributed by atoms with E-state index in [1.165, 1.54) is 11.1 Å². The first-order valence-corrected chi connectivity index (χ1v) is 9.40. The normalized spacial score (nSPS) is 16.5. The summed E-state index contributed by atoms with van der Waals surface area (Å²) in [5.74, 6) is 0.0894. The molecule has 28 heavy (non-hydrogen) atoms. The zero-order valence-electron chi connectivity index (χ0n) is 16.8. The third-order valence-corrected chi connectivity index (χ3v) is 4.60. The minimum absolute atomic E-state index is 0. The Kier molecular flexibility index (Phi) is 13.9. The molecule has 2 heterocycles. The molecular formula is C21H34Cl2N4O. The number of nitrogens with one attached hydrogen (secondary N) is 2. The molecule has 2 aliphatic rings. The van der Waals surface area contributed by atoms with Gasteiger partial charge in [-0.3, -0.25) is 9.69 Å². The average Bonchev–Trinajstić information content (AvgIpc) is 2.70. The van der Waals surface area contributed by atoms with Crippen molar-refractivity contribution < 1.29 is 4.79 Å². The van der Waals surface area contributed by atoms with Crippen LogP contribution in [0.4, 0.5) is 0 Å². The lowest BCUT2D eigenvalue weighted by atomic mass is 10.1. The minimum Gasteiger partial charge on any atom is -0.336 e. The average molecular weight is 429 g/mol. The maximum Gasteiger partial charge on any atom is 0.248 e. The summed E-state index contributed by atoms with van der Waals surface area (Å²) < 4.78 is 0. The summed E-state index contributed by atoms with van der Waals surface area (Å²) in [6.45, 7) is 18.2. The molecule has 0 saturated carbocycles. The van der Waals surface area contributed by atoms with Gasteiger partial charge in [0.1, 0.15) is 0 Å². The van der Waals surface area contributed by atoms with E-state index in [9.17, 15) is 4.79 Å².